The highest BCUT2D eigenvalue weighted by atomic mass is 19.1. The molecule has 148 valence electrons. The first-order valence-corrected chi connectivity index (χ1v) is 9.68. The number of halogens is 1. The second-order valence-electron chi connectivity index (χ2n) is 8.86. The molecule has 0 spiro atoms. The second-order valence-corrected chi connectivity index (χ2v) is 8.86. The smallest absolute Gasteiger partial charge is 0.410 e. The number of amides is 1. The lowest BCUT2D eigenvalue weighted by molar-refractivity contribution is 0.0123. The van der Waals surface area contributed by atoms with Gasteiger partial charge in [0, 0.05) is 36.4 Å². The summed E-state index contributed by atoms with van der Waals surface area (Å²) in [6, 6.07) is 3.50. The van der Waals surface area contributed by atoms with Gasteiger partial charge in [0.05, 0.1) is 12.1 Å². The number of rotatable bonds is 1. The first-order valence-electron chi connectivity index (χ1n) is 9.68. The van der Waals surface area contributed by atoms with Gasteiger partial charge in [0.1, 0.15) is 23.8 Å². The van der Waals surface area contributed by atoms with Gasteiger partial charge in [-0.2, -0.15) is 0 Å². The standard InChI is InChI=1S/C20H28FN3O3/c1-20(2,3)27-19(25)24-13-4-5-14(24)10-23(9-13)15-7-17(21)16-6-12(22)11-26-18(16)8-15/h7-8,12-14H,4-6,9-11,22H2,1-3H3. The summed E-state index contributed by atoms with van der Waals surface area (Å²) >= 11 is 0. The zero-order valence-electron chi connectivity index (χ0n) is 16.2. The van der Waals surface area contributed by atoms with Gasteiger partial charge in [0.15, 0.2) is 0 Å². The molecule has 3 aliphatic heterocycles. The van der Waals surface area contributed by atoms with Crippen LogP contribution in [0.4, 0.5) is 14.9 Å². The first-order chi connectivity index (χ1) is 12.7. The molecular formula is C20H28FN3O3. The number of carbonyl (C=O) groups excluding carboxylic acids is 1. The lowest BCUT2D eigenvalue weighted by atomic mass is 10.0. The van der Waals surface area contributed by atoms with Crippen molar-refractivity contribution in [3.63, 3.8) is 0 Å². The molecule has 6 nitrogen and oxygen atoms in total. The van der Waals surface area contributed by atoms with Gasteiger partial charge in [-0.1, -0.05) is 0 Å². The van der Waals surface area contributed by atoms with Crippen LogP contribution in [0.25, 0.3) is 0 Å². The Morgan fingerprint density at radius 3 is 2.56 bits per heavy atom. The van der Waals surface area contributed by atoms with E-state index in [2.05, 4.69) is 4.90 Å². The number of ether oxygens (including phenoxy) is 2. The van der Waals surface area contributed by atoms with Gasteiger partial charge in [0.25, 0.3) is 0 Å². The van der Waals surface area contributed by atoms with E-state index in [9.17, 15) is 9.18 Å². The van der Waals surface area contributed by atoms with Gasteiger partial charge in [-0.25, -0.2) is 9.18 Å². The van der Waals surface area contributed by atoms with Crippen molar-refractivity contribution in [3.8, 4) is 5.75 Å². The van der Waals surface area contributed by atoms with Crippen molar-refractivity contribution < 1.29 is 18.7 Å². The average Bonchev–Trinajstić information content (AvgIpc) is 2.84. The topological polar surface area (TPSA) is 68.0 Å². The number of nitrogens with zero attached hydrogens (tertiary/aromatic N) is 2. The van der Waals surface area contributed by atoms with Crippen molar-refractivity contribution in [2.75, 3.05) is 24.6 Å². The normalized spacial score (nSPS) is 27.2. The van der Waals surface area contributed by atoms with Crippen molar-refractivity contribution >= 4 is 11.8 Å². The fourth-order valence-corrected chi connectivity index (χ4v) is 4.35. The Balaban J connectivity index is 1.52. The molecular weight excluding hydrogens is 349 g/mol. The summed E-state index contributed by atoms with van der Waals surface area (Å²) in [6.07, 6.45) is 2.14. The van der Waals surface area contributed by atoms with E-state index in [0.29, 0.717) is 37.4 Å². The van der Waals surface area contributed by atoms with Crippen LogP contribution in [0.2, 0.25) is 0 Å². The lowest BCUT2D eigenvalue weighted by Crippen LogP contribution is -2.56. The number of hydrogen-bond acceptors (Lipinski definition) is 5. The van der Waals surface area contributed by atoms with E-state index in [1.165, 1.54) is 0 Å². The van der Waals surface area contributed by atoms with Crippen LogP contribution in [0, 0.1) is 5.82 Å². The molecule has 3 unspecified atom stereocenters. The van der Waals surface area contributed by atoms with Crippen LogP contribution in [0.15, 0.2) is 12.1 Å². The van der Waals surface area contributed by atoms with E-state index in [1.807, 2.05) is 31.7 Å². The maximum absolute atomic E-state index is 14.6. The number of piperazine rings is 1. The fourth-order valence-electron chi connectivity index (χ4n) is 4.35. The summed E-state index contributed by atoms with van der Waals surface area (Å²) in [7, 11) is 0. The third-order valence-electron chi connectivity index (χ3n) is 5.51. The summed E-state index contributed by atoms with van der Waals surface area (Å²) in [5, 5.41) is 0. The molecule has 4 rings (SSSR count). The third kappa shape index (κ3) is 3.57. The number of fused-ring (bicyclic) bond motifs is 3. The summed E-state index contributed by atoms with van der Waals surface area (Å²) in [6.45, 7) is 7.40. The van der Waals surface area contributed by atoms with Gasteiger partial charge in [-0.05, 0) is 46.1 Å². The molecule has 3 atom stereocenters. The Kier molecular flexibility index (Phi) is 4.45. The predicted molar refractivity (Wildman–Crippen MR) is 101 cm³/mol. The Morgan fingerprint density at radius 2 is 1.93 bits per heavy atom. The van der Waals surface area contributed by atoms with E-state index >= 15 is 0 Å². The van der Waals surface area contributed by atoms with Crippen molar-refractivity contribution in [1.82, 2.24) is 4.90 Å². The van der Waals surface area contributed by atoms with Crippen molar-refractivity contribution in [2.45, 2.75) is 63.8 Å². The Morgan fingerprint density at radius 1 is 1.26 bits per heavy atom. The Labute approximate surface area is 159 Å². The average molecular weight is 377 g/mol. The van der Waals surface area contributed by atoms with Gasteiger partial charge >= 0.3 is 6.09 Å². The minimum Gasteiger partial charge on any atom is -0.491 e. The van der Waals surface area contributed by atoms with Crippen LogP contribution in [0.1, 0.15) is 39.2 Å². The van der Waals surface area contributed by atoms with Crippen LogP contribution in [-0.4, -0.2) is 54.4 Å². The van der Waals surface area contributed by atoms with Crippen LogP contribution in [0.3, 0.4) is 0 Å². The minimum atomic E-state index is -0.506. The SMILES string of the molecule is CC(C)(C)OC(=O)N1C2CCC1CN(c1cc(F)c3c(c1)OCC(N)C3)C2. The quantitative estimate of drug-likeness (QED) is 0.815. The molecule has 3 heterocycles. The summed E-state index contributed by atoms with van der Waals surface area (Å²) < 4.78 is 25.8. The summed E-state index contributed by atoms with van der Waals surface area (Å²) in [4.78, 5) is 16.6. The highest BCUT2D eigenvalue weighted by molar-refractivity contribution is 5.70. The van der Waals surface area contributed by atoms with Crippen LogP contribution in [0.5, 0.6) is 5.75 Å². The molecule has 1 amide bonds. The Bertz CT molecular complexity index is 735. The highest BCUT2D eigenvalue weighted by Gasteiger charge is 2.44. The van der Waals surface area contributed by atoms with Crippen molar-refractivity contribution in [2.24, 2.45) is 5.73 Å². The van der Waals surface area contributed by atoms with Gasteiger partial charge in [0.2, 0.25) is 0 Å². The molecule has 0 aliphatic carbocycles. The summed E-state index contributed by atoms with van der Waals surface area (Å²) in [5.41, 5.74) is 6.74. The molecule has 2 N–H and O–H groups in total. The molecule has 1 aromatic carbocycles. The monoisotopic (exact) mass is 377 g/mol. The predicted octanol–water partition coefficient (Wildman–Crippen LogP) is 2.68. The van der Waals surface area contributed by atoms with E-state index < -0.39 is 5.60 Å². The molecule has 2 fully saturated rings. The minimum absolute atomic E-state index is 0.0898. The zero-order valence-corrected chi connectivity index (χ0v) is 16.2. The largest absolute Gasteiger partial charge is 0.491 e. The molecule has 0 saturated carbocycles. The van der Waals surface area contributed by atoms with Gasteiger partial charge < -0.3 is 20.1 Å². The van der Waals surface area contributed by atoms with E-state index in [4.69, 9.17) is 15.2 Å². The highest BCUT2D eigenvalue weighted by Crippen LogP contribution is 2.37. The third-order valence-corrected chi connectivity index (χ3v) is 5.51. The van der Waals surface area contributed by atoms with Crippen LogP contribution in [-0.2, 0) is 11.2 Å². The summed E-state index contributed by atoms with van der Waals surface area (Å²) in [5.74, 6) is 0.327. The molecule has 2 saturated heterocycles. The van der Waals surface area contributed by atoms with Crippen LogP contribution < -0.4 is 15.4 Å². The van der Waals surface area contributed by atoms with Crippen molar-refractivity contribution in [3.05, 3.63) is 23.5 Å². The number of hydrogen-bond donors (Lipinski definition) is 1. The molecule has 7 heteroatoms. The van der Waals surface area contributed by atoms with Crippen LogP contribution >= 0.6 is 0 Å². The maximum atomic E-state index is 14.6. The van der Waals surface area contributed by atoms with E-state index in [0.717, 1.165) is 18.5 Å². The first kappa shape index (κ1) is 18.3. The lowest BCUT2D eigenvalue weighted by Gasteiger charge is -2.42. The Hall–Kier alpha value is -2.02. The molecule has 2 bridgehead atoms. The molecule has 1 aromatic rings. The second kappa shape index (κ2) is 6.55. The van der Waals surface area contributed by atoms with Gasteiger partial charge in [-0.3, -0.25) is 4.90 Å². The van der Waals surface area contributed by atoms with Crippen molar-refractivity contribution in [1.29, 1.82) is 0 Å². The fraction of sp³-hybridized carbons (Fsp3) is 0.650. The van der Waals surface area contributed by atoms with E-state index in [1.54, 1.807) is 6.07 Å². The van der Waals surface area contributed by atoms with E-state index in [-0.39, 0.29) is 30.0 Å². The number of nitrogens with two attached hydrogens (primary N) is 1. The molecule has 0 radical (unpaired) electrons. The maximum Gasteiger partial charge on any atom is 0.410 e. The zero-order chi connectivity index (χ0) is 19.3. The number of carbonyl (C=O) groups is 1. The molecule has 3 aliphatic rings. The number of benzene rings is 1. The number of anilines is 1. The van der Waals surface area contributed by atoms with Gasteiger partial charge in [-0.15, -0.1) is 0 Å². The molecule has 0 aromatic heterocycles. The molecule has 27 heavy (non-hydrogen) atoms.